The van der Waals surface area contributed by atoms with Crippen molar-refractivity contribution in [2.24, 2.45) is 5.73 Å². The molecule has 4 heteroatoms. The van der Waals surface area contributed by atoms with E-state index in [1.54, 1.807) is 6.07 Å². The van der Waals surface area contributed by atoms with Crippen LogP contribution in [0.4, 0.5) is 4.39 Å². The summed E-state index contributed by atoms with van der Waals surface area (Å²) >= 11 is 4.57. The Kier molecular flexibility index (Phi) is 6.22. The lowest BCUT2D eigenvalue weighted by molar-refractivity contribution is 0.621. The predicted molar refractivity (Wildman–Crippen MR) is 98.8 cm³/mol. The predicted octanol–water partition coefficient (Wildman–Crippen LogP) is 4.65. The highest BCUT2D eigenvalue weighted by Crippen LogP contribution is 2.27. The molecule has 0 aliphatic heterocycles. The maximum Gasteiger partial charge on any atom is 0.124 e. The Balaban J connectivity index is 2.29. The third-order valence-electron chi connectivity index (χ3n) is 3.42. The molecule has 0 radical (unpaired) electrons. The van der Waals surface area contributed by atoms with Crippen LogP contribution >= 0.6 is 45.2 Å². The first-order chi connectivity index (χ1) is 9.65. The molecule has 0 unspecified atom stereocenters. The maximum absolute atomic E-state index is 13.2. The zero-order chi connectivity index (χ0) is 14.5. The van der Waals surface area contributed by atoms with Crippen LogP contribution in [0, 0.1) is 9.39 Å². The SMILES string of the molecule is NC[C@@H](Cc1ccccc1CI)c1ccc(F)cc1I. The van der Waals surface area contributed by atoms with Crippen molar-refractivity contribution in [2.75, 3.05) is 6.54 Å². The van der Waals surface area contributed by atoms with Crippen LogP contribution in [0.2, 0.25) is 0 Å². The molecule has 0 bridgehead atoms. The fourth-order valence-corrected chi connectivity index (χ4v) is 3.97. The van der Waals surface area contributed by atoms with Crippen LogP contribution in [0.25, 0.3) is 0 Å². The van der Waals surface area contributed by atoms with Gasteiger partial charge in [0.05, 0.1) is 0 Å². The highest BCUT2D eigenvalue weighted by atomic mass is 127. The van der Waals surface area contributed by atoms with Crippen LogP contribution in [-0.2, 0) is 10.8 Å². The molecule has 1 atom stereocenters. The first-order valence-electron chi connectivity index (χ1n) is 6.43. The lowest BCUT2D eigenvalue weighted by Crippen LogP contribution is -2.17. The van der Waals surface area contributed by atoms with Gasteiger partial charge in [-0.3, -0.25) is 0 Å². The van der Waals surface area contributed by atoms with Gasteiger partial charge in [-0.05, 0) is 64.4 Å². The van der Waals surface area contributed by atoms with Gasteiger partial charge >= 0.3 is 0 Å². The highest BCUT2D eigenvalue weighted by molar-refractivity contribution is 14.1. The molecule has 0 amide bonds. The topological polar surface area (TPSA) is 26.0 Å². The van der Waals surface area contributed by atoms with E-state index in [9.17, 15) is 4.39 Å². The second-order valence-electron chi connectivity index (χ2n) is 4.70. The van der Waals surface area contributed by atoms with Crippen molar-refractivity contribution >= 4 is 45.2 Å². The molecule has 0 heterocycles. The average Bonchev–Trinajstić information content (AvgIpc) is 2.46. The largest absolute Gasteiger partial charge is 0.330 e. The first kappa shape index (κ1) is 16.2. The lowest BCUT2D eigenvalue weighted by atomic mass is 9.90. The third kappa shape index (κ3) is 3.92. The van der Waals surface area contributed by atoms with Crippen molar-refractivity contribution in [2.45, 2.75) is 16.8 Å². The Labute approximate surface area is 146 Å². The van der Waals surface area contributed by atoms with Crippen LogP contribution in [-0.4, -0.2) is 6.54 Å². The summed E-state index contributed by atoms with van der Waals surface area (Å²) in [6, 6.07) is 13.4. The molecular weight excluding hydrogens is 479 g/mol. The van der Waals surface area contributed by atoms with Crippen LogP contribution < -0.4 is 5.73 Å². The molecule has 0 aliphatic rings. The van der Waals surface area contributed by atoms with E-state index < -0.39 is 0 Å². The van der Waals surface area contributed by atoms with E-state index in [0.717, 1.165) is 20.0 Å². The number of hydrogen-bond donors (Lipinski definition) is 1. The molecule has 0 fully saturated rings. The van der Waals surface area contributed by atoms with Gasteiger partial charge in [0.2, 0.25) is 0 Å². The maximum atomic E-state index is 13.2. The molecule has 0 saturated heterocycles. The van der Waals surface area contributed by atoms with Gasteiger partial charge in [-0.2, -0.15) is 0 Å². The van der Waals surface area contributed by atoms with Crippen molar-refractivity contribution < 1.29 is 4.39 Å². The van der Waals surface area contributed by atoms with Gasteiger partial charge < -0.3 is 5.73 Å². The second kappa shape index (κ2) is 7.70. The molecule has 20 heavy (non-hydrogen) atoms. The number of nitrogens with two attached hydrogens (primary N) is 1. The molecule has 0 spiro atoms. The standard InChI is InChI=1S/C16H16FI2N/c17-14-5-6-15(16(19)8-14)13(10-20)7-11-3-1-2-4-12(11)9-18/h1-6,8,13H,7,9-10,20H2/t13-/m1/s1. The minimum absolute atomic E-state index is 0.193. The molecule has 2 aromatic rings. The van der Waals surface area contributed by atoms with Crippen LogP contribution in [0.15, 0.2) is 42.5 Å². The summed E-state index contributed by atoms with van der Waals surface area (Å²) in [6.45, 7) is 0.567. The van der Waals surface area contributed by atoms with Gasteiger partial charge in [0.15, 0.2) is 0 Å². The molecule has 2 N–H and O–H groups in total. The number of halogens is 3. The van der Waals surface area contributed by atoms with Crippen LogP contribution in [0.5, 0.6) is 0 Å². The van der Waals surface area contributed by atoms with E-state index in [1.807, 2.05) is 6.07 Å². The summed E-state index contributed by atoms with van der Waals surface area (Å²) in [5.41, 5.74) is 9.77. The Morgan fingerprint density at radius 3 is 2.40 bits per heavy atom. The van der Waals surface area contributed by atoms with E-state index in [-0.39, 0.29) is 11.7 Å². The van der Waals surface area contributed by atoms with Crippen molar-refractivity contribution in [1.29, 1.82) is 0 Å². The minimum atomic E-state index is -0.193. The van der Waals surface area contributed by atoms with E-state index in [1.165, 1.54) is 17.2 Å². The monoisotopic (exact) mass is 495 g/mol. The van der Waals surface area contributed by atoms with Gasteiger partial charge in [0, 0.05) is 13.9 Å². The zero-order valence-corrected chi connectivity index (χ0v) is 15.3. The Hall–Kier alpha value is -0.210. The lowest BCUT2D eigenvalue weighted by Gasteiger charge is -2.18. The summed E-state index contributed by atoms with van der Waals surface area (Å²) in [6.07, 6.45) is 0.900. The number of benzene rings is 2. The van der Waals surface area contributed by atoms with Crippen molar-refractivity contribution in [3.8, 4) is 0 Å². The van der Waals surface area contributed by atoms with Crippen molar-refractivity contribution in [3.05, 3.63) is 68.5 Å². The highest BCUT2D eigenvalue weighted by Gasteiger charge is 2.15. The quantitative estimate of drug-likeness (QED) is 0.475. The van der Waals surface area contributed by atoms with Crippen LogP contribution in [0.3, 0.4) is 0 Å². The van der Waals surface area contributed by atoms with E-state index in [0.29, 0.717) is 6.54 Å². The number of hydrogen-bond acceptors (Lipinski definition) is 1. The Morgan fingerprint density at radius 2 is 1.80 bits per heavy atom. The minimum Gasteiger partial charge on any atom is -0.330 e. The smallest absolute Gasteiger partial charge is 0.124 e. The zero-order valence-electron chi connectivity index (χ0n) is 11.0. The Bertz CT molecular complexity index is 586. The third-order valence-corrected chi connectivity index (χ3v) is 5.17. The average molecular weight is 495 g/mol. The fraction of sp³-hybridized carbons (Fsp3) is 0.250. The molecule has 0 saturated carbocycles. The summed E-state index contributed by atoms with van der Waals surface area (Å²) in [5, 5.41) is 0. The number of alkyl halides is 1. The first-order valence-corrected chi connectivity index (χ1v) is 9.04. The molecule has 1 nitrogen and oxygen atoms in total. The summed E-state index contributed by atoms with van der Waals surface area (Å²) in [7, 11) is 0. The molecule has 0 aliphatic carbocycles. The van der Waals surface area contributed by atoms with Crippen LogP contribution in [0.1, 0.15) is 22.6 Å². The van der Waals surface area contributed by atoms with Gasteiger partial charge in [-0.1, -0.05) is 52.9 Å². The van der Waals surface area contributed by atoms with Crippen molar-refractivity contribution in [1.82, 2.24) is 0 Å². The van der Waals surface area contributed by atoms with E-state index >= 15 is 0 Å². The van der Waals surface area contributed by atoms with E-state index in [4.69, 9.17) is 5.73 Å². The number of rotatable bonds is 5. The van der Waals surface area contributed by atoms with Crippen molar-refractivity contribution in [3.63, 3.8) is 0 Å². The van der Waals surface area contributed by atoms with Gasteiger partial charge in [-0.25, -0.2) is 4.39 Å². The second-order valence-corrected chi connectivity index (χ2v) is 6.63. The van der Waals surface area contributed by atoms with E-state index in [2.05, 4.69) is 69.4 Å². The molecule has 106 valence electrons. The van der Waals surface area contributed by atoms with Gasteiger partial charge in [0.25, 0.3) is 0 Å². The summed E-state index contributed by atoms with van der Waals surface area (Å²) < 4.78 is 15.2. The molecule has 2 rings (SSSR count). The molecular formula is C16H16FI2N. The Morgan fingerprint density at radius 1 is 1.10 bits per heavy atom. The molecule has 0 aromatic heterocycles. The normalized spacial score (nSPS) is 12.4. The van der Waals surface area contributed by atoms with Gasteiger partial charge in [-0.15, -0.1) is 0 Å². The summed E-state index contributed by atoms with van der Waals surface area (Å²) in [4.78, 5) is 0. The summed E-state index contributed by atoms with van der Waals surface area (Å²) in [5.74, 6) is 0.0354. The van der Waals surface area contributed by atoms with Gasteiger partial charge in [0.1, 0.15) is 5.82 Å². The molecule has 2 aromatic carbocycles. The fourth-order valence-electron chi connectivity index (χ4n) is 2.31.